The van der Waals surface area contributed by atoms with Gasteiger partial charge < -0.3 is 9.55 Å². The first-order valence-corrected chi connectivity index (χ1v) is 13.0. The van der Waals surface area contributed by atoms with Gasteiger partial charge in [0.25, 0.3) is 0 Å². The highest BCUT2D eigenvalue weighted by molar-refractivity contribution is 6.02. The Bertz CT molecular complexity index is 1990. The number of benzene rings is 6. The third kappa shape index (κ3) is 3.21. The summed E-state index contributed by atoms with van der Waals surface area (Å²) in [5.41, 5.74) is 8.20. The molecule has 0 aliphatic carbocycles. The van der Waals surface area contributed by atoms with E-state index < -0.39 is 0 Å². The van der Waals surface area contributed by atoms with Gasteiger partial charge in [-0.3, -0.25) is 0 Å². The molecule has 0 saturated carbocycles. The fraction of sp³-hybridized carbons (Fsp3) is 0. The van der Waals surface area contributed by atoms with Gasteiger partial charge in [0.05, 0.1) is 22.6 Å². The van der Waals surface area contributed by atoms with E-state index in [4.69, 9.17) is 0 Å². The van der Waals surface area contributed by atoms with E-state index in [-0.39, 0.29) is 0 Å². The molecule has 0 bridgehead atoms. The van der Waals surface area contributed by atoms with Crippen LogP contribution in [-0.4, -0.2) is 9.55 Å². The molecule has 0 fully saturated rings. The van der Waals surface area contributed by atoms with Crippen molar-refractivity contribution in [1.29, 1.82) is 0 Å². The van der Waals surface area contributed by atoms with Gasteiger partial charge in [-0.1, -0.05) is 109 Å². The van der Waals surface area contributed by atoms with Gasteiger partial charge >= 0.3 is 0 Å². The lowest BCUT2D eigenvalue weighted by Crippen LogP contribution is -1.98. The van der Waals surface area contributed by atoms with Crippen LogP contribution in [0.1, 0.15) is 0 Å². The Morgan fingerprint density at radius 1 is 0.447 bits per heavy atom. The van der Waals surface area contributed by atoms with Crippen molar-refractivity contribution in [3.63, 3.8) is 0 Å². The predicted octanol–water partition coefficient (Wildman–Crippen LogP) is 9.75. The summed E-state index contributed by atoms with van der Waals surface area (Å²) in [6.45, 7) is 0. The largest absolute Gasteiger partial charge is 0.353 e. The third-order valence-corrected chi connectivity index (χ3v) is 7.70. The zero-order valence-electron chi connectivity index (χ0n) is 20.7. The molecule has 0 aliphatic rings. The second-order valence-electron chi connectivity index (χ2n) is 9.94. The van der Waals surface area contributed by atoms with E-state index in [1.165, 1.54) is 60.3 Å². The summed E-state index contributed by atoms with van der Waals surface area (Å²) < 4.78 is 2.45. The van der Waals surface area contributed by atoms with Crippen LogP contribution in [0.4, 0.5) is 0 Å². The van der Waals surface area contributed by atoms with Gasteiger partial charge in [0.15, 0.2) is 0 Å². The number of fused-ring (bicyclic) bond motifs is 4. The molecule has 178 valence electrons. The summed E-state index contributed by atoms with van der Waals surface area (Å²) in [6.07, 6.45) is 0. The van der Waals surface area contributed by atoms with Crippen LogP contribution >= 0.6 is 0 Å². The molecule has 0 amide bonds. The number of nitrogens with one attached hydrogen (secondary N) is 1. The molecule has 0 spiro atoms. The minimum absolute atomic E-state index is 1.13. The van der Waals surface area contributed by atoms with Crippen molar-refractivity contribution in [3.8, 4) is 28.2 Å². The van der Waals surface area contributed by atoms with Gasteiger partial charge in [0, 0.05) is 21.9 Å². The van der Waals surface area contributed by atoms with E-state index in [1.807, 2.05) is 0 Å². The maximum absolute atomic E-state index is 3.79. The van der Waals surface area contributed by atoms with E-state index in [1.54, 1.807) is 0 Å². The number of aromatic amines is 1. The van der Waals surface area contributed by atoms with Gasteiger partial charge in [-0.2, -0.15) is 0 Å². The van der Waals surface area contributed by atoms with Crippen LogP contribution in [0.25, 0.3) is 71.6 Å². The minimum atomic E-state index is 1.13. The summed E-state index contributed by atoms with van der Waals surface area (Å²) in [5, 5.41) is 7.42. The Kier molecular flexibility index (Phi) is 4.55. The average molecular weight is 485 g/mol. The molecule has 2 aromatic heterocycles. The van der Waals surface area contributed by atoms with Crippen molar-refractivity contribution in [1.82, 2.24) is 9.55 Å². The quantitative estimate of drug-likeness (QED) is 0.258. The molecule has 0 atom stereocenters. The topological polar surface area (TPSA) is 20.7 Å². The van der Waals surface area contributed by atoms with Crippen molar-refractivity contribution in [3.05, 3.63) is 140 Å². The van der Waals surface area contributed by atoms with Crippen LogP contribution in [0.2, 0.25) is 0 Å². The highest BCUT2D eigenvalue weighted by atomic mass is 15.0. The summed E-state index contributed by atoms with van der Waals surface area (Å²) in [4.78, 5) is 3.79. The highest BCUT2D eigenvalue weighted by Gasteiger charge is 2.21. The molecule has 0 radical (unpaired) electrons. The Balaban J connectivity index is 1.47. The molecule has 0 unspecified atom stereocenters. The van der Waals surface area contributed by atoms with Crippen LogP contribution in [-0.2, 0) is 0 Å². The van der Waals surface area contributed by atoms with Crippen LogP contribution in [0.5, 0.6) is 0 Å². The van der Waals surface area contributed by atoms with E-state index in [2.05, 4.69) is 149 Å². The van der Waals surface area contributed by atoms with Crippen molar-refractivity contribution in [2.75, 3.05) is 0 Å². The van der Waals surface area contributed by atoms with Gasteiger partial charge in [-0.25, -0.2) is 0 Å². The van der Waals surface area contributed by atoms with E-state index >= 15 is 0 Å². The fourth-order valence-electron chi connectivity index (χ4n) is 5.87. The molecule has 8 aromatic rings. The van der Waals surface area contributed by atoms with Gasteiger partial charge in [0.1, 0.15) is 0 Å². The zero-order chi connectivity index (χ0) is 25.1. The van der Waals surface area contributed by atoms with Crippen molar-refractivity contribution < 1.29 is 0 Å². The lowest BCUT2D eigenvalue weighted by Gasteiger charge is -2.14. The second kappa shape index (κ2) is 8.22. The molecule has 38 heavy (non-hydrogen) atoms. The SMILES string of the molecule is c1ccc2cc(-c3[nH]c4ccccc4c3-n3c(-c4ccc5ccccc5c4)cc4ccccc43)ccc2c1. The first-order chi connectivity index (χ1) is 18.8. The number of aromatic nitrogens is 2. The maximum atomic E-state index is 3.79. The number of hydrogen-bond donors (Lipinski definition) is 1. The van der Waals surface area contributed by atoms with E-state index in [9.17, 15) is 0 Å². The smallest absolute Gasteiger partial charge is 0.0797 e. The van der Waals surface area contributed by atoms with Gasteiger partial charge in [-0.05, 0) is 57.4 Å². The average Bonchev–Trinajstić information content (AvgIpc) is 3.55. The normalized spacial score (nSPS) is 11.7. The first kappa shape index (κ1) is 21.0. The third-order valence-electron chi connectivity index (χ3n) is 7.70. The molecule has 2 heteroatoms. The van der Waals surface area contributed by atoms with Crippen LogP contribution in [0.3, 0.4) is 0 Å². The van der Waals surface area contributed by atoms with Gasteiger partial charge in [-0.15, -0.1) is 0 Å². The van der Waals surface area contributed by atoms with Crippen LogP contribution in [0, 0.1) is 0 Å². The molecule has 8 rings (SSSR count). The Labute approximate surface area is 220 Å². The van der Waals surface area contributed by atoms with E-state index in [0.29, 0.717) is 0 Å². The lowest BCUT2D eigenvalue weighted by atomic mass is 10.0. The monoisotopic (exact) mass is 484 g/mol. The molecule has 6 aromatic carbocycles. The Hall–Kier alpha value is -5.08. The maximum Gasteiger partial charge on any atom is 0.0797 e. The minimum Gasteiger partial charge on any atom is -0.353 e. The van der Waals surface area contributed by atoms with Crippen LogP contribution in [0.15, 0.2) is 140 Å². The summed E-state index contributed by atoms with van der Waals surface area (Å²) in [6, 6.07) is 50.3. The van der Waals surface area contributed by atoms with Gasteiger partial charge in [0.2, 0.25) is 0 Å². The van der Waals surface area contributed by atoms with Crippen molar-refractivity contribution in [2.24, 2.45) is 0 Å². The van der Waals surface area contributed by atoms with Crippen molar-refractivity contribution >= 4 is 43.4 Å². The lowest BCUT2D eigenvalue weighted by molar-refractivity contribution is 1.15. The Morgan fingerprint density at radius 3 is 1.79 bits per heavy atom. The predicted molar refractivity (Wildman–Crippen MR) is 161 cm³/mol. The number of H-pyrrole nitrogens is 1. The summed E-state index contributed by atoms with van der Waals surface area (Å²) in [7, 11) is 0. The fourth-order valence-corrected chi connectivity index (χ4v) is 5.87. The molecular weight excluding hydrogens is 460 g/mol. The van der Waals surface area contributed by atoms with Crippen molar-refractivity contribution in [2.45, 2.75) is 0 Å². The number of nitrogens with zero attached hydrogens (tertiary/aromatic N) is 1. The molecule has 1 N–H and O–H groups in total. The molecular formula is C36H24N2. The molecule has 0 aliphatic heterocycles. The molecule has 0 saturated heterocycles. The van der Waals surface area contributed by atoms with Crippen LogP contribution < -0.4 is 0 Å². The standard InChI is InChI=1S/C36H24N2/c1-3-11-26-21-29(19-17-24(26)9-1)34-23-28-13-5-8-16-33(28)38(34)36-31-14-6-7-15-32(31)37-35(36)30-20-18-25-10-2-4-12-27(25)22-30/h1-23,37H. The highest BCUT2D eigenvalue weighted by Crippen LogP contribution is 2.41. The Morgan fingerprint density at radius 2 is 1.03 bits per heavy atom. The molecule has 2 heterocycles. The number of hydrogen-bond acceptors (Lipinski definition) is 0. The summed E-state index contributed by atoms with van der Waals surface area (Å²) >= 11 is 0. The van der Waals surface area contributed by atoms with E-state index in [0.717, 1.165) is 11.2 Å². The number of para-hydroxylation sites is 2. The first-order valence-electron chi connectivity index (χ1n) is 13.0. The zero-order valence-corrected chi connectivity index (χ0v) is 20.7. The number of rotatable bonds is 3. The second-order valence-corrected chi connectivity index (χ2v) is 9.94. The molecule has 2 nitrogen and oxygen atoms in total. The summed E-state index contributed by atoms with van der Waals surface area (Å²) in [5.74, 6) is 0.